The minimum Gasteiger partial charge on any atom is -0.371 e. The van der Waals surface area contributed by atoms with Crippen LogP contribution in [0.4, 0.5) is 17.6 Å². The Morgan fingerprint density at radius 3 is 2.53 bits per heavy atom. The number of epoxide rings is 1. The quantitative estimate of drug-likeness (QED) is 0.605. The second-order valence-electron chi connectivity index (χ2n) is 3.73. The zero-order chi connectivity index (χ0) is 12.5. The van der Waals surface area contributed by atoms with Gasteiger partial charge in [0.15, 0.2) is 6.10 Å². The molecular formula is C11H10F4O2. The molecule has 0 bridgehead atoms. The van der Waals surface area contributed by atoms with Crippen LogP contribution in [0.5, 0.6) is 0 Å². The summed E-state index contributed by atoms with van der Waals surface area (Å²) in [6.45, 7) is 0.209. The predicted molar refractivity (Wildman–Crippen MR) is 50.9 cm³/mol. The van der Waals surface area contributed by atoms with Gasteiger partial charge in [-0.1, -0.05) is 18.2 Å². The largest absolute Gasteiger partial charge is 0.418 e. The first-order chi connectivity index (χ1) is 7.98. The Morgan fingerprint density at radius 1 is 1.35 bits per heavy atom. The highest BCUT2D eigenvalue weighted by Gasteiger charge is 2.44. The Labute approximate surface area is 95.1 Å². The van der Waals surface area contributed by atoms with Gasteiger partial charge in [0.25, 0.3) is 0 Å². The highest BCUT2D eigenvalue weighted by Crippen LogP contribution is 2.37. The molecule has 0 saturated carbocycles. The van der Waals surface area contributed by atoms with Gasteiger partial charge in [0.05, 0.1) is 13.2 Å². The van der Waals surface area contributed by atoms with Crippen molar-refractivity contribution in [3.8, 4) is 0 Å². The van der Waals surface area contributed by atoms with E-state index in [2.05, 4.69) is 0 Å². The van der Waals surface area contributed by atoms with Gasteiger partial charge in [0.1, 0.15) is 11.9 Å². The molecule has 0 aromatic heterocycles. The average molecular weight is 250 g/mol. The van der Waals surface area contributed by atoms with Crippen LogP contribution in [0.3, 0.4) is 0 Å². The second kappa shape index (κ2) is 4.62. The molecule has 1 heterocycles. The van der Waals surface area contributed by atoms with Crippen molar-refractivity contribution in [2.24, 2.45) is 0 Å². The summed E-state index contributed by atoms with van der Waals surface area (Å²) in [5.41, 5.74) is -0.499. The fourth-order valence-electron chi connectivity index (χ4n) is 1.42. The van der Waals surface area contributed by atoms with E-state index in [1.54, 1.807) is 0 Å². The third kappa shape index (κ3) is 3.17. The fourth-order valence-corrected chi connectivity index (χ4v) is 1.42. The number of ether oxygens (including phenoxy) is 2. The highest BCUT2D eigenvalue weighted by molar-refractivity contribution is 5.21. The number of halogens is 4. The third-order valence-electron chi connectivity index (χ3n) is 2.34. The van der Waals surface area contributed by atoms with Crippen LogP contribution in [0, 0.1) is 5.82 Å². The Morgan fingerprint density at radius 2 is 2.00 bits per heavy atom. The zero-order valence-corrected chi connectivity index (χ0v) is 8.71. The maximum atomic E-state index is 13.3. The summed E-state index contributed by atoms with van der Waals surface area (Å²) >= 11 is 0. The van der Waals surface area contributed by atoms with Gasteiger partial charge in [0, 0.05) is 5.56 Å². The topological polar surface area (TPSA) is 21.8 Å². The Balaban J connectivity index is 2.16. The predicted octanol–water partition coefficient (Wildman–Crippen LogP) is 2.84. The van der Waals surface area contributed by atoms with E-state index in [1.807, 2.05) is 0 Å². The molecule has 2 rings (SSSR count). The van der Waals surface area contributed by atoms with Gasteiger partial charge in [-0.25, -0.2) is 4.39 Å². The summed E-state index contributed by atoms with van der Waals surface area (Å²) < 4.78 is 60.9. The summed E-state index contributed by atoms with van der Waals surface area (Å²) in [4.78, 5) is 0. The number of hydrogen-bond acceptors (Lipinski definition) is 2. The molecule has 1 fully saturated rings. The van der Waals surface area contributed by atoms with Gasteiger partial charge < -0.3 is 9.47 Å². The number of hydrogen-bond donors (Lipinski definition) is 0. The Kier molecular flexibility index (Phi) is 3.35. The zero-order valence-electron chi connectivity index (χ0n) is 8.71. The molecule has 1 saturated heterocycles. The molecule has 2 nitrogen and oxygen atoms in total. The van der Waals surface area contributed by atoms with Gasteiger partial charge in [0.2, 0.25) is 0 Å². The van der Waals surface area contributed by atoms with Crippen molar-refractivity contribution >= 4 is 0 Å². The molecule has 0 aliphatic carbocycles. The SMILES string of the molecule is Fc1ccccc1C(OCC1CO1)C(F)(F)F. The highest BCUT2D eigenvalue weighted by atomic mass is 19.4. The molecule has 0 amide bonds. The lowest BCUT2D eigenvalue weighted by atomic mass is 10.1. The molecular weight excluding hydrogens is 240 g/mol. The van der Waals surface area contributed by atoms with Crippen LogP contribution in [0.2, 0.25) is 0 Å². The Bertz CT molecular complexity index is 387. The average Bonchev–Trinajstić information content (AvgIpc) is 3.03. The summed E-state index contributed by atoms with van der Waals surface area (Å²) in [7, 11) is 0. The standard InChI is InChI=1S/C11H10F4O2/c12-9-4-2-1-3-8(9)10(11(13,14)15)17-6-7-5-16-7/h1-4,7,10H,5-6H2. The Hall–Kier alpha value is -1.14. The van der Waals surface area contributed by atoms with Gasteiger partial charge in [-0.3, -0.25) is 0 Å². The molecule has 0 spiro atoms. The summed E-state index contributed by atoms with van der Waals surface area (Å²) in [6, 6.07) is 4.72. The molecule has 6 heteroatoms. The number of benzene rings is 1. The van der Waals surface area contributed by atoms with Crippen molar-refractivity contribution in [2.75, 3.05) is 13.2 Å². The molecule has 0 radical (unpaired) electrons. The van der Waals surface area contributed by atoms with Gasteiger partial charge in [-0.05, 0) is 6.07 Å². The summed E-state index contributed by atoms with van der Waals surface area (Å²) in [5.74, 6) is -0.924. The minimum absolute atomic E-state index is 0.182. The van der Waals surface area contributed by atoms with E-state index in [0.29, 0.717) is 6.61 Å². The van der Waals surface area contributed by atoms with Gasteiger partial charge in [-0.15, -0.1) is 0 Å². The van der Waals surface area contributed by atoms with Crippen LogP contribution in [-0.2, 0) is 9.47 Å². The normalized spacial score (nSPS) is 21.3. The maximum absolute atomic E-state index is 13.3. The molecule has 2 unspecified atom stereocenters. The molecule has 1 aliphatic heterocycles. The van der Waals surface area contributed by atoms with Crippen molar-refractivity contribution < 1.29 is 27.0 Å². The second-order valence-corrected chi connectivity index (χ2v) is 3.73. The van der Waals surface area contributed by atoms with Crippen LogP contribution in [-0.4, -0.2) is 25.5 Å². The van der Waals surface area contributed by atoms with E-state index < -0.39 is 23.7 Å². The van der Waals surface area contributed by atoms with E-state index in [1.165, 1.54) is 12.1 Å². The minimum atomic E-state index is -4.64. The van der Waals surface area contributed by atoms with E-state index in [-0.39, 0.29) is 12.7 Å². The monoisotopic (exact) mass is 250 g/mol. The van der Waals surface area contributed by atoms with E-state index in [0.717, 1.165) is 12.1 Å². The van der Waals surface area contributed by atoms with Gasteiger partial charge in [-0.2, -0.15) is 13.2 Å². The first kappa shape index (κ1) is 12.3. The summed E-state index contributed by atoms with van der Waals surface area (Å²) in [5, 5.41) is 0. The van der Waals surface area contributed by atoms with Crippen molar-refractivity contribution in [2.45, 2.75) is 18.4 Å². The van der Waals surface area contributed by atoms with Crippen molar-refractivity contribution in [3.63, 3.8) is 0 Å². The summed E-state index contributed by atoms with van der Waals surface area (Å²) in [6.07, 6.45) is -7.18. The van der Waals surface area contributed by atoms with E-state index in [9.17, 15) is 17.6 Å². The van der Waals surface area contributed by atoms with Crippen molar-refractivity contribution in [1.29, 1.82) is 0 Å². The molecule has 1 aromatic rings. The molecule has 0 N–H and O–H groups in total. The molecule has 2 atom stereocenters. The van der Waals surface area contributed by atoms with Crippen LogP contribution in [0.1, 0.15) is 11.7 Å². The maximum Gasteiger partial charge on any atom is 0.418 e. The lowest BCUT2D eigenvalue weighted by Crippen LogP contribution is -2.26. The molecule has 1 aliphatic rings. The van der Waals surface area contributed by atoms with Crippen LogP contribution < -0.4 is 0 Å². The number of rotatable bonds is 4. The van der Waals surface area contributed by atoms with Crippen LogP contribution >= 0.6 is 0 Å². The van der Waals surface area contributed by atoms with Crippen LogP contribution in [0.15, 0.2) is 24.3 Å². The van der Waals surface area contributed by atoms with Crippen molar-refractivity contribution in [1.82, 2.24) is 0 Å². The van der Waals surface area contributed by atoms with Crippen LogP contribution in [0.25, 0.3) is 0 Å². The lowest BCUT2D eigenvalue weighted by Gasteiger charge is -2.21. The number of alkyl halides is 3. The third-order valence-corrected chi connectivity index (χ3v) is 2.34. The molecule has 17 heavy (non-hydrogen) atoms. The van der Waals surface area contributed by atoms with Gasteiger partial charge >= 0.3 is 6.18 Å². The first-order valence-electron chi connectivity index (χ1n) is 5.03. The first-order valence-corrected chi connectivity index (χ1v) is 5.03. The smallest absolute Gasteiger partial charge is 0.371 e. The van der Waals surface area contributed by atoms with E-state index >= 15 is 0 Å². The lowest BCUT2D eigenvalue weighted by molar-refractivity contribution is -0.225. The van der Waals surface area contributed by atoms with E-state index in [4.69, 9.17) is 9.47 Å². The fraction of sp³-hybridized carbons (Fsp3) is 0.455. The van der Waals surface area contributed by atoms with Crippen molar-refractivity contribution in [3.05, 3.63) is 35.6 Å². The molecule has 1 aromatic carbocycles. The molecule has 94 valence electrons.